The van der Waals surface area contributed by atoms with Crippen molar-refractivity contribution in [1.82, 2.24) is 5.32 Å². The lowest BCUT2D eigenvalue weighted by atomic mass is 9.85. The van der Waals surface area contributed by atoms with Crippen LogP contribution in [0.25, 0.3) is 0 Å². The molecule has 8 bridgehead atoms. The molecule has 7 heteroatoms. The molecule has 1 saturated heterocycles. The highest BCUT2D eigenvalue weighted by Gasteiger charge is 2.42. The largest absolute Gasteiger partial charge is 0.511 e. The zero-order valence-corrected chi connectivity index (χ0v) is 25.5. The molecule has 0 saturated carbocycles. The Morgan fingerprint density at radius 1 is 1.05 bits per heavy atom. The Bertz CT molecular complexity index is 1730. The van der Waals surface area contributed by atoms with E-state index in [1.807, 2.05) is 13.0 Å². The number of ether oxygens (including phenoxy) is 1. The predicted molar refractivity (Wildman–Crippen MR) is 168 cm³/mol. The van der Waals surface area contributed by atoms with Crippen LogP contribution in [0.1, 0.15) is 67.2 Å². The Morgan fingerprint density at radius 2 is 1.81 bits per heavy atom. The summed E-state index contributed by atoms with van der Waals surface area (Å²) in [6.45, 7) is 16.8. The highest BCUT2D eigenvalue weighted by molar-refractivity contribution is 6.21. The standard InChI is InChI=1S/C35H38N4O3/c1-9-21-16(3)25-14-28-22(10-2)17(4)32(38-28)20(7)33-18(5)23(11-12-30(41)42-8)34(39-33)24-13-29(40)31-19(6)26(37-35(24)31)15-27(21)36-25/h10,14-15,18,23,39-40H,2,9,11-13H2,1,3-8H3/t18-,23-/m0/s1. The summed E-state index contributed by atoms with van der Waals surface area (Å²) in [6.07, 6.45) is 8.17. The van der Waals surface area contributed by atoms with Gasteiger partial charge in [-0.3, -0.25) is 4.79 Å². The van der Waals surface area contributed by atoms with E-state index in [0.29, 0.717) is 25.0 Å². The summed E-state index contributed by atoms with van der Waals surface area (Å²) in [5.74, 6) is 0.215. The van der Waals surface area contributed by atoms with Gasteiger partial charge in [-0.2, -0.15) is 0 Å². The van der Waals surface area contributed by atoms with Crippen molar-refractivity contribution in [2.24, 2.45) is 26.8 Å². The minimum Gasteiger partial charge on any atom is -0.511 e. The van der Waals surface area contributed by atoms with Crippen LogP contribution in [0.4, 0.5) is 0 Å². The van der Waals surface area contributed by atoms with Gasteiger partial charge in [0.25, 0.3) is 0 Å². The van der Waals surface area contributed by atoms with Crippen molar-refractivity contribution in [3.8, 4) is 0 Å². The van der Waals surface area contributed by atoms with Crippen molar-refractivity contribution in [2.75, 3.05) is 7.11 Å². The minimum absolute atomic E-state index is 0.0244. The number of hydrogen-bond donors (Lipinski definition) is 2. The van der Waals surface area contributed by atoms with Crippen molar-refractivity contribution in [2.45, 2.75) is 67.2 Å². The first-order valence-electron chi connectivity index (χ1n) is 14.8. The van der Waals surface area contributed by atoms with E-state index in [1.165, 1.54) is 12.7 Å². The third-order valence-corrected chi connectivity index (χ3v) is 9.58. The van der Waals surface area contributed by atoms with E-state index in [0.717, 1.165) is 91.1 Å². The van der Waals surface area contributed by atoms with Gasteiger partial charge in [-0.15, -0.1) is 0 Å². The Hall–Kier alpha value is -4.26. The Kier molecular flexibility index (Phi) is 6.79. The fraction of sp³-hybridized carbons (Fsp3) is 0.371. The number of carbonyl (C=O) groups is 1. The molecule has 0 aromatic carbocycles. The highest BCUT2D eigenvalue weighted by Crippen LogP contribution is 2.47. The van der Waals surface area contributed by atoms with Crippen molar-refractivity contribution < 1.29 is 14.6 Å². The lowest BCUT2D eigenvalue weighted by molar-refractivity contribution is -0.140. The van der Waals surface area contributed by atoms with Crippen molar-refractivity contribution in [1.29, 1.82) is 0 Å². The van der Waals surface area contributed by atoms with Crippen molar-refractivity contribution in [3.05, 3.63) is 104 Å². The molecule has 6 rings (SSSR count). The van der Waals surface area contributed by atoms with Crippen LogP contribution in [0.2, 0.25) is 0 Å². The van der Waals surface area contributed by atoms with Gasteiger partial charge < -0.3 is 15.2 Å². The quantitative estimate of drug-likeness (QED) is 0.347. The summed E-state index contributed by atoms with van der Waals surface area (Å²) in [5.41, 5.74) is 15.5. The Morgan fingerprint density at radius 3 is 2.50 bits per heavy atom. The molecule has 6 aliphatic rings. The molecule has 0 spiro atoms. The minimum atomic E-state index is -0.229. The van der Waals surface area contributed by atoms with Gasteiger partial charge in [0.15, 0.2) is 0 Å². The number of rotatable bonds is 5. The van der Waals surface area contributed by atoms with E-state index in [-0.39, 0.29) is 17.8 Å². The van der Waals surface area contributed by atoms with Gasteiger partial charge >= 0.3 is 5.97 Å². The number of nitrogens with zero attached hydrogens (tertiary/aromatic N) is 3. The molecule has 0 unspecified atom stereocenters. The zero-order chi connectivity index (χ0) is 30.0. The molecular formula is C35H38N4O3. The number of allylic oxidation sites excluding steroid dienone is 12. The van der Waals surface area contributed by atoms with E-state index in [4.69, 9.17) is 19.7 Å². The first kappa shape index (κ1) is 27.9. The van der Waals surface area contributed by atoms with E-state index < -0.39 is 0 Å². The first-order chi connectivity index (χ1) is 20.1. The summed E-state index contributed by atoms with van der Waals surface area (Å²) in [5, 5.41) is 15.0. The Labute approximate surface area is 247 Å². The second kappa shape index (κ2) is 10.2. The van der Waals surface area contributed by atoms with Crippen LogP contribution in [0.5, 0.6) is 0 Å². The molecule has 5 heterocycles. The van der Waals surface area contributed by atoms with Crippen LogP contribution in [-0.2, 0) is 9.53 Å². The first-order valence-corrected chi connectivity index (χ1v) is 14.8. The molecule has 2 N–H and O–H groups in total. The molecule has 2 atom stereocenters. The van der Waals surface area contributed by atoms with E-state index in [9.17, 15) is 9.90 Å². The van der Waals surface area contributed by atoms with Gasteiger partial charge in [-0.25, -0.2) is 15.0 Å². The average molecular weight is 563 g/mol. The number of aliphatic hydroxyl groups excluding tert-OH is 1. The fourth-order valence-electron chi connectivity index (χ4n) is 7.18. The summed E-state index contributed by atoms with van der Waals surface area (Å²) in [4.78, 5) is 27.6. The average Bonchev–Trinajstić information content (AvgIpc) is 3.72. The number of nitrogens with one attached hydrogen (secondary N) is 1. The number of methoxy groups -OCH3 is 1. The maximum Gasteiger partial charge on any atom is 0.305 e. The van der Waals surface area contributed by atoms with Crippen LogP contribution in [0.3, 0.4) is 0 Å². The van der Waals surface area contributed by atoms with Crippen LogP contribution in [-0.4, -0.2) is 35.3 Å². The third kappa shape index (κ3) is 4.09. The molecule has 42 heavy (non-hydrogen) atoms. The van der Waals surface area contributed by atoms with Crippen molar-refractivity contribution in [3.63, 3.8) is 0 Å². The molecule has 0 amide bonds. The second-order valence-electron chi connectivity index (χ2n) is 11.8. The SMILES string of the molecule is C=CC1=C(C)C2=NC1=CC1=NC(=CC3=C(C)C4=C(O)CC(=C5NC(=C2C)[C@@H](C)[C@@H]5CCC(=O)OC)C4=N3)C(CC)=C1C. The molecule has 1 aliphatic carbocycles. The van der Waals surface area contributed by atoms with Gasteiger partial charge in [0.1, 0.15) is 5.76 Å². The van der Waals surface area contributed by atoms with Gasteiger partial charge in [-0.05, 0) is 80.6 Å². The van der Waals surface area contributed by atoms with Crippen LogP contribution in [0, 0.1) is 11.8 Å². The van der Waals surface area contributed by atoms with Gasteiger partial charge in [0, 0.05) is 52.8 Å². The number of aliphatic imine (C=N–C) groups is 3. The highest BCUT2D eigenvalue weighted by atomic mass is 16.5. The topological polar surface area (TPSA) is 95.6 Å². The molecule has 5 aliphatic heterocycles. The normalized spacial score (nSPS) is 24.9. The number of aliphatic hydroxyl groups is 1. The summed E-state index contributed by atoms with van der Waals surface area (Å²) in [7, 11) is 1.43. The summed E-state index contributed by atoms with van der Waals surface area (Å²) in [6, 6.07) is 0. The molecule has 1 fully saturated rings. The van der Waals surface area contributed by atoms with E-state index in [1.54, 1.807) is 0 Å². The molecule has 0 aromatic rings. The predicted octanol–water partition coefficient (Wildman–Crippen LogP) is 7.19. The lowest BCUT2D eigenvalue weighted by Crippen LogP contribution is -2.16. The number of esters is 1. The molecule has 0 radical (unpaired) electrons. The molecule has 7 nitrogen and oxygen atoms in total. The zero-order valence-electron chi connectivity index (χ0n) is 25.5. The fourth-order valence-corrected chi connectivity index (χ4v) is 7.18. The molecule has 0 aromatic heterocycles. The van der Waals surface area contributed by atoms with Crippen molar-refractivity contribution >= 4 is 23.1 Å². The number of carbonyl (C=O) groups excluding carboxylic acids is 1. The number of fused-ring (bicyclic) bond motifs is 5. The van der Waals surface area contributed by atoms with Crippen LogP contribution < -0.4 is 5.32 Å². The van der Waals surface area contributed by atoms with Gasteiger partial charge in [0.2, 0.25) is 0 Å². The lowest BCUT2D eigenvalue weighted by Gasteiger charge is -2.17. The van der Waals surface area contributed by atoms with Crippen LogP contribution >= 0.6 is 0 Å². The summed E-state index contributed by atoms with van der Waals surface area (Å²) >= 11 is 0. The summed E-state index contributed by atoms with van der Waals surface area (Å²) < 4.78 is 4.99. The van der Waals surface area contributed by atoms with Gasteiger partial charge in [0.05, 0.1) is 41.3 Å². The second-order valence-corrected chi connectivity index (χ2v) is 11.8. The van der Waals surface area contributed by atoms with E-state index >= 15 is 0 Å². The van der Waals surface area contributed by atoms with Crippen LogP contribution in [0.15, 0.2) is 119 Å². The maximum absolute atomic E-state index is 12.2. The Balaban J connectivity index is 1.63. The molecular weight excluding hydrogens is 524 g/mol. The molecule has 216 valence electrons. The maximum atomic E-state index is 12.2. The monoisotopic (exact) mass is 562 g/mol. The third-order valence-electron chi connectivity index (χ3n) is 9.58. The smallest absolute Gasteiger partial charge is 0.305 e. The number of hydrogen-bond acceptors (Lipinski definition) is 7. The van der Waals surface area contributed by atoms with E-state index in [2.05, 4.69) is 58.7 Å². The van der Waals surface area contributed by atoms with Gasteiger partial charge in [-0.1, -0.05) is 26.5 Å².